The summed E-state index contributed by atoms with van der Waals surface area (Å²) in [6.45, 7) is 0.239. The molecule has 0 saturated carbocycles. The number of nitrogens with two attached hydrogens (primary N) is 1. The average Bonchev–Trinajstić information content (AvgIpc) is 2.67. The SMILES string of the molecule is NC(=O)c1ccccc1OCc1cccc(NC(=O)c2ccccc2Br)c1. The molecule has 5 nitrogen and oxygen atoms in total. The van der Waals surface area contributed by atoms with Crippen LogP contribution in [0.15, 0.2) is 77.3 Å². The summed E-state index contributed by atoms with van der Waals surface area (Å²) >= 11 is 3.38. The van der Waals surface area contributed by atoms with Crippen LogP contribution >= 0.6 is 15.9 Å². The molecule has 0 aromatic heterocycles. The molecule has 3 aromatic rings. The fourth-order valence-electron chi connectivity index (χ4n) is 2.54. The highest BCUT2D eigenvalue weighted by Crippen LogP contribution is 2.21. The number of ether oxygens (including phenoxy) is 1. The molecule has 0 spiro atoms. The lowest BCUT2D eigenvalue weighted by Gasteiger charge is -2.11. The molecule has 6 heteroatoms. The Morgan fingerprint density at radius 3 is 2.37 bits per heavy atom. The third-order valence-electron chi connectivity index (χ3n) is 3.85. The van der Waals surface area contributed by atoms with Crippen molar-refractivity contribution in [2.45, 2.75) is 6.61 Å². The molecule has 3 rings (SSSR count). The summed E-state index contributed by atoms with van der Waals surface area (Å²) in [7, 11) is 0. The number of rotatable bonds is 6. The second kappa shape index (κ2) is 8.51. The first-order valence-corrected chi connectivity index (χ1v) is 9.00. The number of halogens is 1. The summed E-state index contributed by atoms with van der Waals surface area (Å²) in [5.41, 5.74) is 7.74. The van der Waals surface area contributed by atoms with Gasteiger partial charge in [-0.25, -0.2) is 0 Å². The number of hydrogen-bond donors (Lipinski definition) is 2. The topological polar surface area (TPSA) is 81.4 Å². The van der Waals surface area contributed by atoms with Gasteiger partial charge in [0.25, 0.3) is 11.8 Å². The fraction of sp³-hybridized carbons (Fsp3) is 0.0476. The second-order valence-corrected chi connectivity index (χ2v) is 6.64. The zero-order valence-electron chi connectivity index (χ0n) is 14.3. The van der Waals surface area contributed by atoms with E-state index < -0.39 is 5.91 Å². The maximum atomic E-state index is 12.4. The number of anilines is 1. The van der Waals surface area contributed by atoms with Gasteiger partial charge < -0.3 is 15.8 Å². The lowest BCUT2D eigenvalue weighted by molar-refractivity contribution is 0.0993. The first-order valence-electron chi connectivity index (χ1n) is 8.21. The predicted molar refractivity (Wildman–Crippen MR) is 108 cm³/mol. The Balaban J connectivity index is 1.70. The molecule has 136 valence electrons. The van der Waals surface area contributed by atoms with Crippen LogP contribution in [0.4, 0.5) is 5.69 Å². The molecule has 0 heterocycles. The van der Waals surface area contributed by atoms with Crippen molar-refractivity contribution in [3.8, 4) is 5.75 Å². The third kappa shape index (κ3) is 4.74. The number of hydrogen-bond acceptors (Lipinski definition) is 3. The Morgan fingerprint density at radius 2 is 1.63 bits per heavy atom. The van der Waals surface area contributed by atoms with Crippen LogP contribution in [-0.4, -0.2) is 11.8 Å². The minimum Gasteiger partial charge on any atom is -0.488 e. The van der Waals surface area contributed by atoms with E-state index in [1.807, 2.05) is 30.3 Å². The van der Waals surface area contributed by atoms with Gasteiger partial charge in [0.15, 0.2) is 0 Å². The lowest BCUT2D eigenvalue weighted by atomic mass is 10.1. The van der Waals surface area contributed by atoms with Crippen LogP contribution in [0.2, 0.25) is 0 Å². The molecule has 0 aliphatic carbocycles. The van der Waals surface area contributed by atoms with Crippen molar-refractivity contribution >= 4 is 33.4 Å². The standard InChI is InChI=1S/C21H17BrN2O3/c22-18-10-3-1-8-16(18)21(26)24-15-7-5-6-14(12-15)13-27-19-11-4-2-9-17(19)20(23)25/h1-12H,13H2,(H2,23,25)(H,24,26). The highest BCUT2D eigenvalue weighted by molar-refractivity contribution is 9.10. The van der Waals surface area contributed by atoms with Gasteiger partial charge in [-0.2, -0.15) is 0 Å². The summed E-state index contributed by atoms with van der Waals surface area (Å²) in [6, 6.07) is 21.4. The van der Waals surface area contributed by atoms with Crippen LogP contribution in [0.1, 0.15) is 26.3 Å². The van der Waals surface area contributed by atoms with Crippen molar-refractivity contribution in [2.24, 2.45) is 5.73 Å². The number of carbonyl (C=O) groups excluding carboxylic acids is 2. The molecule has 3 N–H and O–H groups in total. The van der Waals surface area contributed by atoms with E-state index in [9.17, 15) is 9.59 Å². The lowest BCUT2D eigenvalue weighted by Crippen LogP contribution is -2.13. The molecule has 0 aliphatic heterocycles. The number of benzene rings is 3. The van der Waals surface area contributed by atoms with E-state index in [2.05, 4.69) is 21.2 Å². The van der Waals surface area contributed by atoms with Gasteiger partial charge in [-0.05, 0) is 57.9 Å². The van der Waals surface area contributed by atoms with Crippen LogP contribution in [0.5, 0.6) is 5.75 Å². The molecule has 0 unspecified atom stereocenters. The van der Waals surface area contributed by atoms with Gasteiger partial charge in [-0.15, -0.1) is 0 Å². The largest absolute Gasteiger partial charge is 0.488 e. The fourth-order valence-corrected chi connectivity index (χ4v) is 3.00. The Morgan fingerprint density at radius 1 is 0.926 bits per heavy atom. The molecule has 0 radical (unpaired) electrons. The van der Waals surface area contributed by atoms with Crippen molar-refractivity contribution in [2.75, 3.05) is 5.32 Å². The van der Waals surface area contributed by atoms with E-state index in [-0.39, 0.29) is 12.5 Å². The zero-order chi connectivity index (χ0) is 19.2. The van der Waals surface area contributed by atoms with Crippen molar-refractivity contribution in [3.05, 3.63) is 94.0 Å². The van der Waals surface area contributed by atoms with Gasteiger partial charge in [0.05, 0.1) is 11.1 Å². The molecule has 0 fully saturated rings. The third-order valence-corrected chi connectivity index (χ3v) is 4.54. The van der Waals surface area contributed by atoms with Crippen molar-refractivity contribution < 1.29 is 14.3 Å². The van der Waals surface area contributed by atoms with Gasteiger partial charge >= 0.3 is 0 Å². The van der Waals surface area contributed by atoms with Crippen LogP contribution in [0.25, 0.3) is 0 Å². The van der Waals surface area contributed by atoms with E-state index in [1.54, 1.807) is 42.5 Å². The minimum atomic E-state index is -0.542. The predicted octanol–water partition coefficient (Wildman–Crippen LogP) is 4.38. The molecule has 3 aromatic carbocycles. The zero-order valence-corrected chi connectivity index (χ0v) is 15.9. The molecule has 0 aliphatic rings. The first kappa shape index (κ1) is 18.7. The Kier molecular flexibility index (Phi) is 5.88. The monoisotopic (exact) mass is 424 g/mol. The number of primary amides is 1. The van der Waals surface area contributed by atoms with Gasteiger partial charge in [0.1, 0.15) is 12.4 Å². The summed E-state index contributed by atoms with van der Waals surface area (Å²) in [6.07, 6.45) is 0. The van der Waals surface area contributed by atoms with Crippen LogP contribution in [-0.2, 0) is 6.61 Å². The molecule has 2 amide bonds. The van der Waals surface area contributed by atoms with Crippen LogP contribution in [0.3, 0.4) is 0 Å². The van der Waals surface area contributed by atoms with Crippen molar-refractivity contribution in [1.29, 1.82) is 0 Å². The molecule has 27 heavy (non-hydrogen) atoms. The van der Waals surface area contributed by atoms with E-state index in [1.165, 1.54) is 0 Å². The number of nitrogens with one attached hydrogen (secondary N) is 1. The Bertz CT molecular complexity index is 988. The second-order valence-electron chi connectivity index (χ2n) is 5.78. The van der Waals surface area contributed by atoms with Gasteiger partial charge in [0, 0.05) is 10.2 Å². The number of carbonyl (C=O) groups is 2. The molecular weight excluding hydrogens is 408 g/mol. The molecular formula is C21H17BrN2O3. The van der Waals surface area contributed by atoms with Gasteiger partial charge in [0.2, 0.25) is 0 Å². The highest BCUT2D eigenvalue weighted by atomic mass is 79.9. The molecule has 0 bridgehead atoms. The maximum Gasteiger partial charge on any atom is 0.256 e. The molecule has 0 atom stereocenters. The van der Waals surface area contributed by atoms with E-state index in [0.717, 1.165) is 10.0 Å². The molecule has 0 saturated heterocycles. The summed E-state index contributed by atoms with van der Waals surface area (Å²) < 4.78 is 6.45. The van der Waals surface area contributed by atoms with E-state index in [4.69, 9.17) is 10.5 Å². The summed E-state index contributed by atoms with van der Waals surface area (Å²) in [5, 5.41) is 2.87. The first-order chi connectivity index (χ1) is 13.0. The highest BCUT2D eigenvalue weighted by Gasteiger charge is 2.11. The maximum absolute atomic E-state index is 12.4. The smallest absolute Gasteiger partial charge is 0.256 e. The van der Waals surface area contributed by atoms with Crippen molar-refractivity contribution in [3.63, 3.8) is 0 Å². The van der Waals surface area contributed by atoms with Gasteiger partial charge in [-0.3, -0.25) is 9.59 Å². The Hall–Kier alpha value is -3.12. The summed E-state index contributed by atoms with van der Waals surface area (Å²) in [4.78, 5) is 23.9. The van der Waals surface area contributed by atoms with E-state index in [0.29, 0.717) is 22.6 Å². The van der Waals surface area contributed by atoms with E-state index >= 15 is 0 Å². The van der Waals surface area contributed by atoms with Crippen LogP contribution in [0, 0.1) is 0 Å². The average molecular weight is 425 g/mol. The normalized spacial score (nSPS) is 10.3. The van der Waals surface area contributed by atoms with Crippen molar-refractivity contribution in [1.82, 2.24) is 0 Å². The number of amides is 2. The Labute approximate surface area is 165 Å². The minimum absolute atomic E-state index is 0.209. The van der Waals surface area contributed by atoms with Gasteiger partial charge in [-0.1, -0.05) is 36.4 Å². The number of para-hydroxylation sites is 1. The quantitative estimate of drug-likeness (QED) is 0.615. The summed E-state index contributed by atoms with van der Waals surface area (Å²) in [5.74, 6) is -0.327. The van der Waals surface area contributed by atoms with Crippen LogP contribution < -0.4 is 15.8 Å².